The third kappa shape index (κ3) is 2.46. The first-order valence-corrected chi connectivity index (χ1v) is 7.66. The van der Waals surface area contributed by atoms with Gasteiger partial charge in [-0.05, 0) is 24.6 Å². The summed E-state index contributed by atoms with van der Waals surface area (Å²) in [6.07, 6.45) is 4.89. The molecule has 0 saturated carbocycles. The molecule has 0 fully saturated rings. The van der Waals surface area contributed by atoms with Crippen molar-refractivity contribution < 1.29 is 0 Å². The SMILES string of the molecule is Cc1ncc2c(n1)CCN(Cc1ccnc3ccccc13)C2. The topological polar surface area (TPSA) is 41.9 Å². The number of hydrogen-bond donors (Lipinski definition) is 0. The Labute approximate surface area is 129 Å². The van der Waals surface area contributed by atoms with E-state index in [1.54, 1.807) is 0 Å². The largest absolute Gasteiger partial charge is 0.294 e. The number of aromatic nitrogens is 3. The third-order valence-corrected chi connectivity index (χ3v) is 4.27. The monoisotopic (exact) mass is 290 g/mol. The Hall–Kier alpha value is -2.33. The Balaban J connectivity index is 1.60. The minimum absolute atomic E-state index is 0.868. The summed E-state index contributed by atoms with van der Waals surface area (Å²) in [5.74, 6) is 0.868. The molecule has 3 heterocycles. The van der Waals surface area contributed by atoms with Crippen LogP contribution in [0.15, 0.2) is 42.7 Å². The van der Waals surface area contributed by atoms with Gasteiger partial charge < -0.3 is 0 Å². The summed E-state index contributed by atoms with van der Waals surface area (Å²) in [4.78, 5) is 15.8. The van der Waals surface area contributed by atoms with E-state index in [1.165, 1.54) is 22.2 Å². The van der Waals surface area contributed by atoms with Gasteiger partial charge in [0, 0.05) is 55.1 Å². The van der Waals surface area contributed by atoms with Crippen molar-refractivity contribution in [2.75, 3.05) is 6.54 Å². The smallest absolute Gasteiger partial charge is 0.125 e. The van der Waals surface area contributed by atoms with Gasteiger partial charge in [0.2, 0.25) is 0 Å². The predicted molar refractivity (Wildman–Crippen MR) is 86.3 cm³/mol. The van der Waals surface area contributed by atoms with Crippen LogP contribution in [-0.4, -0.2) is 26.4 Å². The van der Waals surface area contributed by atoms with Crippen molar-refractivity contribution >= 4 is 10.9 Å². The minimum Gasteiger partial charge on any atom is -0.294 e. The summed E-state index contributed by atoms with van der Waals surface area (Å²) < 4.78 is 0. The summed E-state index contributed by atoms with van der Waals surface area (Å²) in [5, 5.41) is 1.25. The second-order valence-electron chi connectivity index (χ2n) is 5.84. The van der Waals surface area contributed by atoms with Crippen molar-refractivity contribution in [2.45, 2.75) is 26.4 Å². The molecule has 0 saturated heterocycles. The molecule has 0 bridgehead atoms. The molecule has 0 amide bonds. The molecule has 4 nitrogen and oxygen atoms in total. The Bertz CT molecular complexity index is 823. The fourth-order valence-electron chi connectivity index (χ4n) is 3.14. The minimum atomic E-state index is 0.868. The first-order valence-electron chi connectivity index (χ1n) is 7.66. The highest BCUT2D eigenvalue weighted by Gasteiger charge is 2.18. The fraction of sp³-hybridized carbons (Fsp3) is 0.278. The number of aryl methyl sites for hydroxylation is 1. The van der Waals surface area contributed by atoms with Crippen molar-refractivity contribution in [3.05, 3.63) is 65.4 Å². The molecule has 0 unspecified atom stereocenters. The lowest BCUT2D eigenvalue weighted by Gasteiger charge is -2.28. The molecule has 2 aromatic heterocycles. The average molecular weight is 290 g/mol. The molecule has 0 aliphatic carbocycles. The molecule has 4 heteroatoms. The van der Waals surface area contributed by atoms with Crippen LogP contribution in [0, 0.1) is 6.92 Å². The van der Waals surface area contributed by atoms with Gasteiger partial charge in [0.1, 0.15) is 5.82 Å². The van der Waals surface area contributed by atoms with Crippen LogP contribution in [0.3, 0.4) is 0 Å². The van der Waals surface area contributed by atoms with Crippen LogP contribution >= 0.6 is 0 Å². The number of benzene rings is 1. The van der Waals surface area contributed by atoms with E-state index in [-0.39, 0.29) is 0 Å². The van der Waals surface area contributed by atoms with Crippen LogP contribution in [0.2, 0.25) is 0 Å². The summed E-state index contributed by atoms with van der Waals surface area (Å²) in [5.41, 5.74) is 4.87. The number of pyridine rings is 1. The quantitative estimate of drug-likeness (QED) is 0.728. The first-order chi connectivity index (χ1) is 10.8. The van der Waals surface area contributed by atoms with Crippen molar-refractivity contribution in [1.29, 1.82) is 0 Å². The van der Waals surface area contributed by atoms with Crippen LogP contribution in [0.4, 0.5) is 0 Å². The van der Waals surface area contributed by atoms with Gasteiger partial charge in [-0.2, -0.15) is 0 Å². The summed E-state index contributed by atoms with van der Waals surface area (Å²) in [6, 6.07) is 10.5. The molecule has 0 atom stereocenters. The van der Waals surface area contributed by atoms with E-state index in [4.69, 9.17) is 0 Å². The van der Waals surface area contributed by atoms with Gasteiger partial charge in [-0.3, -0.25) is 9.88 Å². The number of rotatable bonds is 2. The molecule has 3 aromatic rings. The highest BCUT2D eigenvalue weighted by molar-refractivity contribution is 5.81. The zero-order chi connectivity index (χ0) is 14.9. The van der Waals surface area contributed by atoms with E-state index in [9.17, 15) is 0 Å². The number of hydrogen-bond acceptors (Lipinski definition) is 4. The fourth-order valence-corrected chi connectivity index (χ4v) is 3.14. The number of fused-ring (bicyclic) bond motifs is 2. The lowest BCUT2D eigenvalue weighted by Crippen LogP contribution is -2.31. The molecule has 0 N–H and O–H groups in total. The standard InChI is InChI=1S/C18H18N4/c1-13-20-10-15-12-22(9-7-17(15)21-13)11-14-6-8-19-18-5-3-2-4-16(14)18/h2-6,8,10H,7,9,11-12H2,1H3. The Kier molecular flexibility index (Phi) is 3.31. The maximum Gasteiger partial charge on any atom is 0.125 e. The van der Waals surface area contributed by atoms with E-state index >= 15 is 0 Å². The van der Waals surface area contributed by atoms with E-state index in [0.717, 1.165) is 37.4 Å². The van der Waals surface area contributed by atoms with Gasteiger partial charge in [0.15, 0.2) is 0 Å². The molecule has 1 aromatic carbocycles. The molecule has 22 heavy (non-hydrogen) atoms. The van der Waals surface area contributed by atoms with Crippen molar-refractivity contribution in [1.82, 2.24) is 19.9 Å². The average Bonchev–Trinajstić information content (AvgIpc) is 2.55. The van der Waals surface area contributed by atoms with Gasteiger partial charge in [-0.1, -0.05) is 18.2 Å². The normalized spacial score (nSPS) is 15.0. The summed E-state index contributed by atoms with van der Waals surface area (Å²) in [7, 11) is 0. The lowest BCUT2D eigenvalue weighted by molar-refractivity contribution is 0.243. The predicted octanol–water partition coefficient (Wildman–Crippen LogP) is 2.89. The summed E-state index contributed by atoms with van der Waals surface area (Å²) >= 11 is 0. The van der Waals surface area contributed by atoms with Crippen LogP contribution in [0.1, 0.15) is 22.6 Å². The van der Waals surface area contributed by atoms with Crippen LogP contribution in [0.25, 0.3) is 10.9 Å². The lowest BCUT2D eigenvalue weighted by atomic mass is 10.0. The van der Waals surface area contributed by atoms with Gasteiger partial charge in [-0.25, -0.2) is 9.97 Å². The second-order valence-corrected chi connectivity index (χ2v) is 5.84. The maximum absolute atomic E-state index is 4.56. The van der Waals surface area contributed by atoms with E-state index in [1.807, 2.05) is 25.4 Å². The van der Waals surface area contributed by atoms with Gasteiger partial charge in [-0.15, -0.1) is 0 Å². The van der Waals surface area contributed by atoms with Crippen molar-refractivity contribution in [3.8, 4) is 0 Å². The van der Waals surface area contributed by atoms with Crippen molar-refractivity contribution in [2.24, 2.45) is 0 Å². The number of para-hydroxylation sites is 1. The second kappa shape index (κ2) is 5.46. The van der Waals surface area contributed by atoms with Crippen molar-refractivity contribution in [3.63, 3.8) is 0 Å². The third-order valence-electron chi connectivity index (χ3n) is 4.27. The molecule has 0 spiro atoms. The Morgan fingerprint density at radius 2 is 2.05 bits per heavy atom. The number of nitrogens with zero attached hydrogens (tertiary/aromatic N) is 4. The van der Waals surface area contributed by atoms with Gasteiger partial charge in [0.05, 0.1) is 5.52 Å². The first kappa shape index (κ1) is 13.3. The van der Waals surface area contributed by atoms with E-state index in [0.29, 0.717) is 0 Å². The molecule has 110 valence electrons. The Morgan fingerprint density at radius 3 is 3.00 bits per heavy atom. The zero-order valence-electron chi connectivity index (χ0n) is 12.7. The van der Waals surface area contributed by atoms with Crippen LogP contribution in [0.5, 0.6) is 0 Å². The Morgan fingerprint density at radius 1 is 1.14 bits per heavy atom. The van der Waals surface area contributed by atoms with Gasteiger partial charge in [0.25, 0.3) is 0 Å². The highest BCUT2D eigenvalue weighted by atomic mass is 15.1. The van der Waals surface area contributed by atoms with E-state index in [2.05, 4.69) is 44.1 Å². The summed E-state index contributed by atoms with van der Waals surface area (Å²) in [6.45, 7) is 4.86. The van der Waals surface area contributed by atoms with Crippen LogP contribution < -0.4 is 0 Å². The zero-order valence-corrected chi connectivity index (χ0v) is 12.7. The van der Waals surface area contributed by atoms with Gasteiger partial charge >= 0.3 is 0 Å². The molecular weight excluding hydrogens is 272 g/mol. The molecule has 0 radical (unpaired) electrons. The highest BCUT2D eigenvalue weighted by Crippen LogP contribution is 2.22. The molecular formula is C18H18N4. The molecule has 1 aliphatic rings. The van der Waals surface area contributed by atoms with Crippen LogP contribution in [-0.2, 0) is 19.5 Å². The maximum atomic E-state index is 4.56. The van der Waals surface area contributed by atoms with E-state index < -0.39 is 0 Å². The molecule has 1 aliphatic heterocycles. The molecule has 4 rings (SSSR count).